The first-order valence-corrected chi connectivity index (χ1v) is 9.79. The van der Waals surface area contributed by atoms with Crippen molar-refractivity contribution in [2.24, 2.45) is 7.05 Å². The number of ether oxygens (including phenoxy) is 2. The molecule has 0 fully saturated rings. The van der Waals surface area contributed by atoms with Crippen molar-refractivity contribution in [1.82, 2.24) is 9.88 Å². The van der Waals surface area contributed by atoms with Crippen LogP contribution in [0.15, 0.2) is 36.5 Å². The summed E-state index contributed by atoms with van der Waals surface area (Å²) in [6.07, 6.45) is 1.07. The number of aryl methyl sites for hydroxylation is 1. The number of aromatic nitrogens is 1. The van der Waals surface area contributed by atoms with Gasteiger partial charge in [0.15, 0.2) is 0 Å². The number of anilines is 1. The fourth-order valence-corrected chi connectivity index (χ4v) is 3.01. The van der Waals surface area contributed by atoms with E-state index in [1.165, 1.54) is 32.0 Å². The Morgan fingerprint density at radius 1 is 1.15 bits per heavy atom. The standard InChI is InChI=1S/C21H24N4O8/c1-24-12-15(25(30)31)11-17(24)20(28)22-14-6-4-5-13(9-14)10-18(26)23-16(21(29)33-3)7-8-19(27)32-2/h4-6,9,11-12,16H,7-8,10H2,1-3H3,(H,22,28)(H,23,26)/t16-/m0/s1. The maximum atomic E-state index is 12.5. The summed E-state index contributed by atoms with van der Waals surface area (Å²) in [6, 6.07) is 6.59. The molecular formula is C21H24N4O8. The summed E-state index contributed by atoms with van der Waals surface area (Å²) in [4.78, 5) is 58.5. The molecule has 2 amide bonds. The minimum Gasteiger partial charge on any atom is -0.469 e. The molecule has 0 aliphatic heterocycles. The van der Waals surface area contributed by atoms with Crippen LogP contribution in [0, 0.1) is 10.1 Å². The van der Waals surface area contributed by atoms with Gasteiger partial charge < -0.3 is 24.7 Å². The first-order valence-electron chi connectivity index (χ1n) is 9.79. The Morgan fingerprint density at radius 3 is 2.48 bits per heavy atom. The maximum Gasteiger partial charge on any atom is 0.328 e. The normalized spacial score (nSPS) is 11.2. The third kappa shape index (κ3) is 7.16. The van der Waals surface area contributed by atoms with Crippen LogP contribution in [-0.4, -0.2) is 53.5 Å². The predicted molar refractivity (Wildman–Crippen MR) is 115 cm³/mol. The smallest absolute Gasteiger partial charge is 0.328 e. The van der Waals surface area contributed by atoms with Crippen molar-refractivity contribution >= 4 is 35.1 Å². The Labute approximate surface area is 189 Å². The number of nitrogens with zero attached hydrogens (tertiary/aromatic N) is 2. The van der Waals surface area contributed by atoms with E-state index in [1.54, 1.807) is 24.3 Å². The molecular weight excluding hydrogens is 436 g/mol. The molecule has 0 unspecified atom stereocenters. The molecule has 2 rings (SSSR count). The first-order chi connectivity index (χ1) is 15.6. The van der Waals surface area contributed by atoms with Gasteiger partial charge in [0.05, 0.1) is 31.8 Å². The van der Waals surface area contributed by atoms with E-state index in [0.29, 0.717) is 11.3 Å². The van der Waals surface area contributed by atoms with Gasteiger partial charge >= 0.3 is 11.9 Å². The Balaban J connectivity index is 2.03. The highest BCUT2D eigenvalue weighted by molar-refractivity contribution is 6.03. The second-order valence-electron chi connectivity index (χ2n) is 7.04. The summed E-state index contributed by atoms with van der Waals surface area (Å²) in [5, 5.41) is 16.1. The van der Waals surface area contributed by atoms with Crippen LogP contribution >= 0.6 is 0 Å². The van der Waals surface area contributed by atoms with Crippen LogP contribution in [0.5, 0.6) is 0 Å². The number of benzene rings is 1. The molecule has 0 aliphatic carbocycles. The van der Waals surface area contributed by atoms with Crippen molar-refractivity contribution in [3.05, 3.63) is 57.9 Å². The second kappa shape index (κ2) is 11.4. The molecule has 0 saturated carbocycles. The van der Waals surface area contributed by atoms with Gasteiger partial charge in [0.1, 0.15) is 11.7 Å². The quantitative estimate of drug-likeness (QED) is 0.305. The molecule has 1 aromatic heterocycles. The Kier molecular flexibility index (Phi) is 8.66. The number of hydrogen-bond acceptors (Lipinski definition) is 8. The zero-order valence-corrected chi connectivity index (χ0v) is 18.3. The van der Waals surface area contributed by atoms with E-state index in [-0.39, 0.29) is 30.6 Å². The zero-order valence-electron chi connectivity index (χ0n) is 18.3. The molecule has 2 N–H and O–H groups in total. The molecule has 1 aromatic carbocycles. The fraction of sp³-hybridized carbons (Fsp3) is 0.333. The largest absolute Gasteiger partial charge is 0.469 e. The van der Waals surface area contributed by atoms with E-state index < -0.39 is 34.7 Å². The Bertz CT molecular complexity index is 1060. The monoisotopic (exact) mass is 460 g/mol. The number of hydrogen-bond donors (Lipinski definition) is 2. The van der Waals surface area contributed by atoms with Gasteiger partial charge in [-0.05, 0) is 24.1 Å². The average Bonchev–Trinajstić information content (AvgIpc) is 3.18. The van der Waals surface area contributed by atoms with Crippen molar-refractivity contribution in [3.8, 4) is 0 Å². The van der Waals surface area contributed by atoms with Gasteiger partial charge in [0.25, 0.3) is 11.6 Å². The second-order valence-corrected chi connectivity index (χ2v) is 7.04. The lowest BCUT2D eigenvalue weighted by Crippen LogP contribution is -2.42. The molecule has 0 radical (unpaired) electrons. The maximum absolute atomic E-state index is 12.5. The van der Waals surface area contributed by atoms with Crippen LogP contribution in [0.3, 0.4) is 0 Å². The zero-order chi connectivity index (χ0) is 24.5. The highest BCUT2D eigenvalue weighted by Gasteiger charge is 2.23. The third-order valence-electron chi connectivity index (χ3n) is 4.67. The van der Waals surface area contributed by atoms with E-state index >= 15 is 0 Å². The van der Waals surface area contributed by atoms with Gasteiger partial charge in [-0.1, -0.05) is 12.1 Å². The molecule has 12 heteroatoms. The number of esters is 2. The lowest BCUT2D eigenvalue weighted by molar-refractivity contribution is -0.384. The molecule has 0 spiro atoms. The van der Waals surface area contributed by atoms with E-state index in [1.807, 2.05) is 0 Å². The summed E-state index contributed by atoms with van der Waals surface area (Å²) in [5.41, 5.74) is 0.806. The molecule has 176 valence electrons. The lowest BCUT2D eigenvalue weighted by Gasteiger charge is -2.16. The molecule has 12 nitrogen and oxygen atoms in total. The third-order valence-corrected chi connectivity index (χ3v) is 4.67. The van der Waals surface area contributed by atoms with Crippen LogP contribution in [-0.2, 0) is 37.3 Å². The highest BCUT2D eigenvalue weighted by atomic mass is 16.6. The SMILES string of the molecule is COC(=O)CC[C@H](NC(=O)Cc1cccc(NC(=O)c2cc([N+](=O)[O-])cn2C)c1)C(=O)OC. The summed E-state index contributed by atoms with van der Waals surface area (Å²) in [7, 11) is 3.91. The minimum absolute atomic E-state index is 0.0178. The topological polar surface area (TPSA) is 159 Å². The van der Waals surface area contributed by atoms with Gasteiger partial charge in [-0.15, -0.1) is 0 Å². The molecule has 1 heterocycles. The molecule has 0 aliphatic rings. The number of nitro groups is 1. The van der Waals surface area contributed by atoms with Gasteiger partial charge in [-0.2, -0.15) is 0 Å². The van der Waals surface area contributed by atoms with Crippen LogP contribution in [0.1, 0.15) is 28.9 Å². The summed E-state index contributed by atoms with van der Waals surface area (Å²) >= 11 is 0. The molecule has 0 saturated heterocycles. The van der Waals surface area contributed by atoms with Crippen LogP contribution in [0.2, 0.25) is 0 Å². The minimum atomic E-state index is -1.02. The summed E-state index contributed by atoms with van der Waals surface area (Å²) in [6.45, 7) is 0. The van der Waals surface area contributed by atoms with E-state index in [2.05, 4.69) is 20.1 Å². The van der Waals surface area contributed by atoms with Crippen LogP contribution in [0.4, 0.5) is 11.4 Å². The van der Waals surface area contributed by atoms with Crippen LogP contribution < -0.4 is 10.6 Å². The van der Waals surface area contributed by atoms with E-state index in [4.69, 9.17) is 0 Å². The lowest BCUT2D eigenvalue weighted by atomic mass is 10.1. The van der Waals surface area contributed by atoms with Gasteiger partial charge in [-0.3, -0.25) is 24.5 Å². The fourth-order valence-electron chi connectivity index (χ4n) is 3.01. The van der Waals surface area contributed by atoms with Crippen molar-refractivity contribution in [2.75, 3.05) is 19.5 Å². The Hall–Kier alpha value is -4.22. The van der Waals surface area contributed by atoms with E-state index in [0.717, 1.165) is 6.07 Å². The number of carbonyl (C=O) groups is 4. The molecule has 2 aromatic rings. The van der Waals surface area contributed by atoms with Crippen LogP contribution in [0.25, 0.3) is 0 Å². The number of rotatable bonds is 10. The van der Waals surface area contributed by atoms with Crippen molar-refractivity contribution < 1.29 is 33.6 Å². The first kappa shape index (κ1) is 25.0. The van der Waals surface area contributed by atoms with Crippen molar-refractivity contribution in [2.45, 2.75) is 25.3 Å². The predicted octanol–water partition coefficient (Wildman–Crippen LogP) is 1.34. The number of carbonyl (C=O) groups excluding carboxylic acids is 4. The van der Waals surface area contributed by atoms with Gasteiger partial charge in [0, 0.05) is 25.2 Å². The van der Waals surface area contributed by atoms with Crippen molar-refractivity contribution in [1.29, 1.82) is 0 Å². The summed E-state index contributed by atoms with van der Waals surface area (Å²) < 4.78 is 10.5. The molecule has 33 heavy (non-hydrogen) atoms. The summed E-state index contributed by atoms with van der Waals surface area (Å²) in [5.74, 6) is -2.26. The molecule has 0 bridgehead atoms. The van der Waals surface area contributed by atoms with Gasteiger partial charge in [0.2, 0.25) is 5.91 Å². The number of nitrogens with one attached hydrogen (secondary N) is 2. The number of amides is 2. The Morgan fingerprint density at radius 2 is 1.88 bits per heavy atom. The van der Waals surface area contributed by atoms with Crippen molar-refractivity contribution in [3.63, 3.8) is 0 Å². The highest BCUT2D eigenvalue weighted by Crippen LogP contribution is 2.18. The van der Waals surface area contributed by atoms with E-state index in [9.17, 15) is 29.3 Å². The molecule has 1 atom stereocenters. The van der Waals surface area contributed by atoms with Gasteiger partial charge in [-0.25, -0.2) is 4.79 Å². The average molecular weight is 460 g/mol. The number of methoxy groups -OCH3 is 2.